The molecule has 1 aromatic rings. The highest BCUT2D eigenvalue weighted by atomic mass is 16.5. The van der Waals surface area contributed by atoms with Gasteiger partial charge in [-0.25, -0.2) is 0 Å². The second-order valence-electron chi connectivity index (χ2n) is 2.47. The fraction of sp³-hybridized carbons (Fsp3) is 0.222. The molecule has 0 aliphatic carbocycles. The second kappa shape index (κ2) is 4.35. The maximum absolute atomic E-state index is 10.3. The molecule has 0 N–H and O–H groups in total. The monoisotopic (exact) mass is 179 g/mol. The first-order valence-electron chi connectivity index (χ1n) is 3.75. The molecule has 0 heterocycles. The molecule has 1 aromatic carbocycles. The van der Waals surface area contributed by atoms with Gasteiger partial charge in [-0.2, -0.15) is 0 Å². The standard InChI is InChI=1S/C9H9NO3/c1-13-9-6-7(4-5-11)2-3-8(9)10-12/h2-3,5-6H,4H2,1H3. The normalized spacial score (nSPS) is 9.31. The van der Waals surface area contributed by atoms with Crippen molar-refractivity contribution in [3.8, 4) is 5.75 Å². The largest absolute Gasteiger partial charge is 0.494 e. The third kappa shape index (κ3) is 2.11. The topological polar surface area (TPSA) is 55.7 Å². The molecular weight excluding hydrogens is 170 g/mol. The van der Waals surface area contributed by atoms with Crippen molar-refractivity contribution < 1.29 is 9.53 Å². The Balaban J connectivity index is 3.04. The van der Waals surface area contributed by atoms with Crippen molar-refractivity contribution in [1.29, 1.82) is 0 Å². The summed E-state index contributed by atoms with van der Waals surface area (Å²) in [5.74, 6) is 0.398. The number of benzene rings is 1. The van der Waals surface area contributed by atoms with Gasteiger partial charge in [-0.05, 0) is 22.9 Å². The minimum Gasteiger partial charge on any atom is -0.494 e. The number of rotatable bonds is 4. The molecule has 0 bridgehead atoms. The zero-order chi connectivity index (χ0) is 9.68. The van der Waals surface area contributed by atoms with Crippen LogP contribution >= 0.6 is 0 Å². The highest BCUT2D eigenvalue weighted by Gasteiger charge is 2.03. The first-order valence-corrected chi connectivity index (χ1v) is 3.75. The van der Waals surface area contributed by atoms with Crippen molar-refractivity contribution >= 4 is 12.0 Å². The van der Waals surface area contributed by atoms with Gasteiger partial charge in [0.2, 0.25) is 0 Å². The Kier molecular flexibility index (Phi) is 3.14. The van der Waals surface area contributed by atoms with E-state index in [0.29, 0.717) is 12.2 Å². The van der Waals surface area contributed by atoms with E-state index in [1.54, 1.807) is 12.1 Å². The molecule has 0 saturated heterocycles. The highest BCUT2D eigenvalue weighted by Crippen LogP contribution is 2.27. The van der Waals surface area contributed by atoms with Gasteiger partial charge >= 0.3 is 0 Å². The Morgan fingerprint density at radius 2 is 2.31 bits per heavy atom. The van der Waals surface area contributed by atoms with Gasteiger partial charge in [0.1, 0.15) is 17.7 Å². The van der Waals surface area contributed by atoms with Crippen LogP contribution in [-0.4, -0.2) is 13.4 Å². The molecule has 0 amide bonds. The summed E-state index contributed by atoms with van der Waals surface area (Å²) in [6, 6.07) is 4.84. The lowest BCUT2D eigenvalue weighted by molar-refractivity contribution is -0.107. The van der Waals surface area contributed by atoms with Gasteiger partial charge in [-0.15, -0.1) is 4.91 Å². The number of ether oxygens (including phenoxy) is 1. The van der Waals surface area contributed by atoms with E-state index >= 15 is 0 Å². The zero-order valence-corrected chi connectivity index (χ0v) is 7.19. The Morgan fingerprint density at radius 1 is 1.54 bits per heavy atom. The Labute approximate surface area is 75.5 Å². The molecule has 0 fully saturated rings. The molecule has 0 radical (unpaired) electrons. The minimum atomic E-state index is 0.247. The number of hydrogen-bond acceptors (Lipinski definition) is 4. The number of aldehydes is 1. The minimum absolute atomic E-state index is 0.247. The number of carbonyl (C=O) groups is 1. The van der Waals surface area contributed by atoms with E-state index < -0.39 is 0 Å². The predicted molar refractivity (Wildman–Crippen MR) is 48.2 cm³/mol. The van der Waals surface area contributed by atoms with Gasteiger partial charge in [0.15, 0.2) is 0 Å². The van der Waals surface area contributed by atoms with Gasteiger partial charge in [-0.3, -0.25) is 0 Å². The van der Waals surface area contributed by atoms with Crippen LogP contribution < -0.4 is 4.74 Å². The molecule has 0 aromatic heterocycles. The first kappa shape index (κ1) is 9.38. The van der Waals surface area contributed by atoms with Crippen LogP contribution in [-0.2, 0) is 11.2 Å². The van der Waals surface area contributed by atoms with E-state index in [4.69, 9.17) is 4.74 Å². The highest BCUT2D eigenvalue weighted by molar-refractivity contribution is 5.59. The fourth-order valence-electron chi connectivity index (χ4n) is 1.02. The van der Waals surface area contributed by atoms with E-state index in [-0.39, 0.29) is 5.69 Å². The molecule has 13 heavy (non-hydrogen) atoms. The van der Waals surface area contributed by atoms with Gasteiger partial charge in [0.25, 0.3) is 0 Å². The fourth-order valence-corrected chi connectivity index (χ4v) is 1.02. The average Bonchev–Trinajstić information content (AvgIpc) is 2.18. The maximum Gasteiger partial charge on any atom is 0.149 e. The molecule has 0 spiro atoms. The number of methoxy groups -OCH3 is 1. The van der Waals surface area contributed by atoms with E-state index in [1.807, 2.05) is 0 Å². The van der Waals surface area contributed by atoms with E-state index in [9.17, 15) is 9.70 Å². The Morgan fingerprint density at radius 3 is 2.85 bits per heavy atom. The van der Waals surface area contributed by atoms with Crippen molar-refractivity contribution in [3.63, 3.8) is 0 Å². The number of carbonyl (C=O) groups excluding carboxylic acids is 1. The predicted octanol–water partition coefficient (Wildman–Crippen LogP) is 1.83. The van der Waals surface area contributed by atoms with E-state index in [0.717, 1.165) is 11.8 Å². The number of nitroso groups, excluding NO2 is 1. The van der Waals surface area contributed by atoms with Crippen molar-refractivity contribution in [2.75, 3.05) is 7.11 Å². The molecule has 0 atom stereocenters. The van der Waals surface area contributed by atoms with Crippen LogP contribution in [0.15, 0.2) is 23.4 Å². The zero-order valence-electron chi connectivity index (χ0n) is 7.19. The summed E-state index contributed by atoms with van der Waals surface area (Å²) in [5, 5.41) is 2.78. The summed E-state index contributed by atoms with van der Waals surface area (Å²) in [6.07, 6.45) is 1.11. The Bertz CT molecular complexity index is 323. The number of hydrogen-bond donors (Lipinski definition) is 0. The van der Waals surface area contributed by atoms with Gasteiger partial charge in [0, 0.05) is 6.42 Å². The third-order valence-corrected chi connectivity index (χ3v) is 1.66. The molecular formula is C9H9NO3. The van der Waals surface area contributed by atoms with Gasteiger partial charge in [0.05, 0.1) is 7.11 Å². The van der Waals surface area contributed by atoms with Crippen molar-refractivity contribution in [2.24, 2.45) is 5.18 Å². The van der Waals surface area contributed by atoms with Crippen LogP contribution in [0.1, 0.15) is 5.56 Å². The summed E-state index contributed by atoms with van der Waals surface area (Å²) >= 11 is 0. The summed E-state index contributed by atoms with van der Waals surface area (Å²) in [7, 11) is 1.45. The molecule has 4 heteroatoms. The molecule has 0 saturated carbocycles. The lowest BCUT2D eigenvalue weighted by Gasteiger charge is -2.03. The summed E-state index contributed by atoms with van der Waals surface area (Å²) in [5.41, 5.74) is 1.05. The van der Waals surface area contributed by atoms with Gasteiger partial charge in [-0.1, -0.05) is 6.07 Å². The summed E-state index contributed by atoms with van der Waals surface area (Å²) in [6.45, 7) is 0. The van der Waals surface area contributed by atoms with E-state index in [2.05, 4.69) is 5.18 Å². The summed E-state index contributed by atoms with van der Waals surface area (Å²) < 4.78 is 4.91. The SMILES string of the molecule is COc1cc(CC=O)ccc1N=O. The number of nitrogens with zero attached hydrogens (tertiary/aromatic N) is 1. The molecule has 0 aliphatic rings. The molecule has 1 rings (SSSR count). The van der Waals surface area contributed by atoms with Crippen LogP contribution in [0.3, 0.4) is 0 Å². The van der Waals surface area contributed by atoms with Crippen LogP contribution in [0.5, 0.6) is 5.75 Å². The average molecular weight is 179 g/mol. The third-order valence-electron chi connectivity index (χ3n) is 1.66. The molecule has 0 unspecified atom stereocenters. The molecule has 68 valence electrons. The molecule has 0 aliphatic heterocycles. The van der Waals surface area contributed by atoms with Gasteiger partial charge < -0.3 is 9.53 Å². The quantitative estimate of drug-likeness (QED) is 0.523. The van der Waals surface area contributed by atoms with Crippen LogP contribution in [0, 0.1) is 4.91 Å². The second-order valence-corrected chi connectivity index (χ2v) is 2.47. The summed E-state index contributed by atoms with van der Waals surface area (Å²) in [4.78, 5) is 20.5. The lowest BCUT2D eigenvalue weighted by Crippen LogP contribution is -1.88. The lowest BCUT2D eigenvalue weighted by atomic mass is 10.1. The van der Waals surface area contributed by atoms with Crippen molar-refractivity contribution in [2.45, 2.75) is 6.42 Å². The first-order chi connectivity index (χ1) is 6.31. The van der Waals surface area contributed by atoms with Crippen LogP contribution in [0.4, 0.5) is 5.69 Å². The smallest absolute Gasteiger partial charge is 0.149 e. The van der Waals surface area contributed by atoms with E-state index in [1.165, 1.54) is 13.2 Å². The van der Waals surface area contributed by atoms with Crippen molar-refractivity contribution in [1.82, 2.24) is 0 Å². The molecule has 4 nitrogen and oxygen atoms in total. The van der Waals surface area contributed by atoms with Crippen LogP contribution in [0.2, 0.25) is 0 Å². The van der Waals surface area contributed by atoms with Crippen molar-refractivity contribution in [3.05, 3.63) is 28.7 Å². The maximum atomic E-state index is 10.3. The van der Waals surface area contributed by atoms with Crippen LogP contribution in [0.25, 0.3) is 0 Å². The Hall–Kier alpha value is -1.71.